The SMILES string of the molecule is COc1cccc(-c2ccc(C(=O)O)c(C(C)(C)C)n2)c1. The van der Waals surface area contributed by atoms with E-state index in [1.807, 2.05) is 45.0 Å². The Hall–Kier alpha value is -2.36. The van der Waals surface area contributed by atoms with Crippen LogP contribution in [0.1, 0.15) is 36.8 Å². The third kappa shape index (κ3) is 3.21. The minimum absolute atomic E-state index is 0.245. The normalized spacial score (nSPS) is 11.2. The van der Waals surface area contributed by atoms with Gasteiger partial charge in [0.25, 0.3) is 0 Å². The van der Waals surface area contributed by atoms with E-state index in [9.17, 15) is 9.90 Å². The van der Waals surface area contributed by atoms with Crippen molar-refractivity contribution in [2.45, 2.75) is 26.2 Å². The fourth-order valence-corrected chi connectivity index (χ4v) is 2.15. The van der Waals surface area contributed by atoms with E-state index in [2.05, 4.69) is 4.98 Å². The van der Waals surface area contributed by atoms with Crippen molar-refractivity contribution < 1.29 is 14.6 Å². The number of ether oxygens (including phenoxy) is 1. The van der Waals surface area contributed by atoms with Crippen LogP contribution >= 0.6 is 0 Å². The number of carbonyl (C=O) groups is 1. The molecular formula is C17H19NO3. The van der Waals surface area contributed by atoms with Crippen molar-refractivity contribution in [3.8, 4) is 17.0 Å². The summed E-state index contributed by atoms with van der Waals surface area (Å²) in [5, 5.41) is 9.31. The van der Waals surface area contributed by atoms with E-state index in [1.165, 1.54) is 0 Å². The summed E-state index contributed by atoms with van der Waals surface area (Å²) in [7, 11) is 1.61. The van der Waals surface area contributed by atoms with E-state index in [-0.39, 0.29) is 11.0 Å². The Morgan fingerprint density at radius 3 is 2.48 bits per heavy atom. The van der Waals surface area contributed by atoms with Crippen molar-refractivity contribution in [1.29, 1.82) is 0 Å². The van der Waals surface area contributed by atoms with Gasteiger partial charge in [0.2, 0.25) is 0 Å². The number of aromatic nitrogens is 1. The van der Waals surface area contributed by atoms with Crippen LogP contribution in [-0.2, 0) is 5.41 Å². The van der Waals surface area contributed by atoms with Crippen molar-refractivity contribution >= 4 is 5.97 Å². The molecule has 1 aromatic heterocycles. The summed E-state index contributed by atoms with van der Waals surface area (Å²) in [6.45, 7) is 5.87. The molecule has 1 heterocycles. The van der Waals surface area contributed by atoms with Crippen LogP contribution in [0.2, 0.25) is 0 Å². The first-order chi connectivity index (χ1) is 9.82. The van der Waals surface area contributed by atoms with Gasteiger partial charge in [0, 0.05) is 11.0 Å². The molecule has 0 radical (unpaired) electrons. The predicted molar refractivity (Wildman–Crippen MR) is 81.9 cm³/mol. The molecule has 0 atom stereocenters. The van der Waals surface area contributed by atoms with Gasteiger partial charge >= 0.3 is 5.97 Å². The molecule has 2 rings (SSSR count). The van der Waals surface area contributed by atoms with Crippen LogP contribution in [0.25, 0.3) is 11.3 Å². The summed E-state index contributed by atoms with van der Waals surface area (Å²) >= 11 is 0. The van der Waals surface area contributed by atoms with Crippen LogP contribution in [-0.4, -0.2) is 23.2 Å². The summed E-state index contributed by atoms with van der Waals surface area (Å²) in [6.07, 6.45) is 0. The van der Waals surface area contributed by atoms with Gasteiger partial charge in [-0.05, 0) is 24.3 Å². The van der Waals surface area contributed by atoms with Crippen LogP contribution in [0.5, 0.6) is 5.75 Å². The number of rotatable bonds is 3. The van der Waals surface area contributed by atoms with Crippen molar-refractivity contribution in [1.82, 2.24) is 4.98 Å². The lowest BCUT2D eigenvalue weighted by Gasteiger charge is -2.21. The smallest absolute Gasteiger partial charge is 0.337 e. The molecular weight excluding hydrogens is 266 g/mol. The summed E-state index contributed by atoms with van der Waals surface area (Å²) in [5.74, 6) is -0.210. The Morgan fingerprint density at radius 2 is 1.90 bits per heavy atom. The minimum atomic E-state index is -0.954. The number of carboxylic acid groups (broad SMARTS) is 1. The maximum absolute atomic E-state index is 11.4. The Morgan fingerprint density at radius 1 is 1.19 bits per heavy atom. The second kappa shape index (κ2) is 5.56. The molecule has 110 valence electrons. The van der Waals surface area contributed by atoms with E-state index < -0.39 is 5.97 Å². The first-order valence-corrected chi connectivity index (χ1v) is 6.72. The van der Waals surface area contributed by atoms with Crippen LogP contribution in [0.3, 0.4) is 0 Å². The van der Waals surface area contributed by atoms with E-state index in [1.54, 1.807) is 19.2 Å². The quantitative estimate of drug-likeness (QED) is 0.933. The van der Waals surface area contributed by atoms with Crippen LogP contribution < -0.4 is 4.74 Å². The van der Waals surface area contributed by atoms with E-state index in [0.717, 1.165) is 17.0 Å². The summed E-state index contributed by atoms with van der Waals surface area (Å²) in [6, 6.07) is 10.9. The van der Waals surface area contributed by atoms with Crippen molar-refractivity contribution in [2.75, 3.05) is 7.11 Å². The number of pyridine rings is 1. The van der Waals surface area contributed by atoms with Crippen LogP contribution in [0.4, 0.5) is 0 Å². The zero-order valence-corrected chi connectivity index (χ0v) is 12.7. The molecule has 0 fully saturated rings. The molecule has 0 aliphatic rings. The molecule has 0 amide bonds. The molecule has 0 aliphatic carbocycles. The third-order valence-electron chi connectivity index (χ3n) is 3.20. The lowest BCUT2D eigenvalue weighted by atomic mass is 9.88. The van der Waals surface area contributed by atoms with Gasteiger partial charge in [0.05, 0.1) is 24.1 Å². The summed E-state index contributed by atoms with van der Waals surface area (Å²) in [5.41, 5.74) is 2.12. The van der Waals surface area contributed by atoms with Gasteiger partial charge in [-0.15, -0.1) is 0 Å². The Balaban J connectivity index is 2.58. The van der Waals surface area contributed by atoms with Crippen molar-refractivity contribution in [3.63, 3.8) is 0 Å². The van der Waals surface area contributed by atoms with Crippen LogP contribution in [0, 0.1) is 0 Å². The standard InChI is InChI=1S/C17H19NO3/c1-17(2,3)15-13(16(19)20)8-9-14(18-15)11-6-5-7-12(10-11)21-4/h5-10H,1-4H3,(H,19,20). The average Bonchev–Trinajstić information content (AvgIpc) is 2.45. The summed E-state index contributed by atoms with van der Waals surface area (Å²) < 4.78 is 5.21. The van der Waals surface area contributed by atoms with Crippen molar-refractivity contribution in [2.24, 2.45) is 0 Å². The van der Waals surface area contributed by atoms with Gasteiger partial charge < -0.3 is 9.84 Å². The number of aromatic carboxylic acids is 1. The van der Waals surface area contributed by atoms with Gasteiger partial charge in [0.15, 0.2) is 0 Å². The molecule has 0 aliphatic heterocycles. The highest BCUT2D eigenvalue weighted by Gasteiger charge is 2.24. The largest absolute Gasteiger partial charge is 0.497 e. The van der Waals surface area contributed by atoms with Gasteiger partial charge in [-0.25, -0.2) is 4.79 Å². The van der Waals surface area contributed by atoms with Crippen molar-refractivity contribution in [3.05, 3.63) is 47.7 Å². The molecule has 21 heavy (non-hydrogen) atoms. The van der Waals surface area contributed by atoms with Gasteiger partial charge in [-0.3, -0.25) is 4.98 Å². The number of hydrogen-bond acceptors (Lipinski definition) is 3. The zero-order valence-electron chi connectivity index (χ0n) is 12.7. The van der Waals surface area contributed by atoms with Gasteiger partial charge in [0.1, 0.15) is 5.75 Å². The highest BCUT2D eigenvalue weighted by molar-refractivity contribution is 5.89. The van der Waals surface area contributed by atoms with Gasteiger partial charge in [-0.1, -0.05) is 32.9 Å². The highest BCUT2D eigenvalue weighted by atomic mass is 16.5. The second-order valence-electron chi connectivity index (χ2n) is 5.88. The van der Waals surface area contributed by atoms with E-state index in [4.69, 9.17) is 4.74 Å². The van der Waals surface area contributed by atoms with Crippen LogP contribution in [0.15, 0.2) is 36.4 Å². The number of carboxylic acids is 1. The van der Waals surface area contributed by atoms with Gasteiger partial charge in [-0.2, -0.15) is 0 Å². The topological polar surface area (TPSA) is 59.4 Å². The fourth-order valence-electron chi connectivity index (χ4n) is 2.15. The minimum Gasteiger partial charge on any atom is -0.497 e. The Bertz CT molecular complexity index is 672. The summed E-state index contributed by atoms with van der Waals surface area (Å²) in [4.78, 5) is 15.9. The molecule has 0 spiro atoms. The number of nitrogens with zero attached hydrogens (tertiary/aromatic N) is 1. The molecule has 0 saturated heterocycles. The molecule has 4 heteroatoms. The fraction of sp³-hybridized carbons (Fsp3) is 0.294. The molecule has 4 nitrogen and oxygen atoms in total. The lowest BCUT2D eigenvalue weighted by Crippen LogP contribution is -2.19. The zero-order chi connectivity index (χ0) is 15.6. The third-order valence-corrected chi connectivity index (χ3v) is 3.20. The first kappa shape index (κ1) is 15.0. The molecule has 1 N–H and O–H groups in total. The monoisotopic (exact) mass is 285 g/mol. The molecule has 0 unspecified atom stereocenters. The number of hydrogen-bond donors (Lipinski definition) is 1. The Labute approximate surface area is 124 Å². The molecule has 2 aromatic rings. The highest BCUT2D eigenvalue weighted by Crippen LogP contribution is 2.28. The predicted octanol–water partition coefficient (Wildman–Crippen LogP) is 3.75. The van der Waals surface area contributed by atoms with E-state index >= 15 is 0 Å². The maximum Gasteiger partial charge on any atom is 0.337 e. The molecule has 0 bridgehead atoms. The number of benzene rings is 1. The average molecular weight is 285 g/mol. The Kier molecular flexibility index (Phi) is 3.98. The second-order valence-corrected chi connectivity index (χ2v) is 5.88. The maximum atomic E-state index is 11.4. The van der Waals surface area contributed by atoms with E-state index in [0.29, 0.717) is 5.69 Å². The number of methoxy groups -OCH3 is 1. The molecule has 0 saturated carbocycles. The first-order valence-electron chi connectivity index (χ1n) is 6.72. The molecule has 1 aromatic carbocycles. The lowest BCUT2D eigenvalue weighted by molar-refractivity contribution is 0.0693.